The number of hydrogen-bond donors (Lipinski definition) is 0. The van der Waals surface area contributed by atoms with Crippen LogP contribution >= 0.6 is 0 Å². The molecule has 9 rings (SSSR count). The summed E-state index contributed by atoms with van der Waals surface area (Å²) in [5.41, 5.74) is 13.9. The van der Waals surface area contributed by atoms with Crippen molar-refractivity contribution in [3.63, 3.8) is 0 Å². The first-order valence-electron chi connectivity index (χ1n) is 17.9. The molecule has 0 N–H and O–H groups in total. The molecule has 1 heterocycles. The van der Waals surface area contributed by atoms with Gasteiger partial charge in [-0.1, -0.05) is 115 Å². The summed E-state index contributed by atoms with van der Waals surface area (Å²) in [6.45, 7) is 16.0. The Labute approximate surface area is 300 Å². The molecule has 250 valence electrons. The van der Waals surface area contributed by atoms with Gasteiger partial charge >= 0.3 is 0 Å². The van der Waals surface area contributed by atoms with Crippen molar-refractivity contribution >= 4 is 45.5 Å². The van der Waals surface area contributed by atoms with Crippen molar-refractivity contribution in [1.29, 1.82) is 0 Å². The van der Waals surface area contributed by atoms with E-state index in [1.54, 1.807) is 6.08 Å². The topological polar surface area (TPSA) is 37.4 Å². The van der Waals surface area contributed by atoms with E-state index >= 15 is 0 Å². The van der Waals surface area contributed by atoms with Gasteiger partial charge in [-0.2, -0.15) is 0 Å². The second-order valence-corrected chi connectivity index (χ2v) is 16.6. The quantitative estimate of drug-likeness (QED) is 0.137. The van der Waals surface area contributed by atoms with Crippen molar-refractivity contribution < 1.29 is 9.59 Å². The monoisotopic (exact) mass is 663 g/mol. The molecular weight excluding hydrogens is 623 g/mol. The minimum absolute atomic E-state index is 0.0158. The zero-order valence-corrected chi connectivity index (χ0v) is 30.3. The Morgan fingerprint density at radius 2 is 1.16 bits per heavy atom. The van der Waals surface area contributed by atoms with Gasteiger partial charge in [0.25, 0.3) is 0 Å². The normalized spacial score (nSPS) is 16.5. The third kappa shape index (κ3) is 4.50. The lowest BCUT2D eigenvalue weighted by Crippen LogP contribution is -2.31. The van der Waals surface area contributed by atoms with Crippen molar-refractivity contribution in [3.8, 4) is 11.1 Å². The maximum Gasteiger partial charge on any atom is 0.197 e. The predicted octanol–water partition coefficient (Wildman–Crippen LogP) is 12.0. The summed E-state index contributed by atoms with van der Waals surface area (Å²) in [6, 6.07) is 40.6. The molecule has 2 aliphatic carbocycles. The maximum atomic E-state index is 13.7. The number of nitrogens with zero attached hydrogens (tertiary/aromatic N) is 1. The summed E-state index contributed by atoms with van der Waals surface area (Å²) in [5, 5.41) is 1.92. The minimum Gasteiger partial charge on any atom is -0.310 e. The SMILES string of the molecule is CC(C)(C)c1cccc(N2c3ccc(C=C4C(=O)c5cc6ccccc6cc5C4=O)cc3C(C)(C)c3cc4c(cc32)C(C)(C)c2ccccc2-4)c1. The number of carbonyl (C=O) groups is 2. The summed E-state index contributed by atoms with van der Waals surface area (Å²) < 4.78 is 0. The molecule has 3 nitrogen and oxygen atoms in total. The summed E-state index contributed by atoms with van der Waals surface area (Å²) in [7, 11) is 0. The highest BCUT2D eigenvalue weighted by molar-refractivity contribution is 6.42. The highest BCUT2D eigenvalue weighted by atomic mass is 16.2. The highest BCUT2D eigenvalue weighted by Gasteiger charge is 2.43. The Balaban J connectivity index is 1.24. The van der Waals surface area contributed by atoms with Crippen LogP contribution in [0.2, 0.25) is 0 Å². The van der Waals surface area contributed by atoms with E-state index < -0.39 is 0 Å². The van der Waals surface area contributed by atoms with Gasteiger partial charge in [-0.3, -0.25) is 9.59 Å². The van der Waals surface area contributed by atoms with E-state index in [2.05, 4.69) is 132 Å². The number of hydrogen-bond acceptors (Lipinski definition) is 3. The fourth-order valence-electron chi connectivity index (χ4n) is 8.73. The van der Waals surface area contributed by atoms with Gasteiger partial charge in [-0.25, -0.2) is 0 Å². The molecule has 0 radical (unpaired) electrons. The Kier molecular flexibility index (Phi) is 6.47. The molecule has 0 aromatic heterocycles. The van der Waals surface area contributed by atoms with Crippen LogP contribution in [0.15, 0.2) is 121 Å². The maximum absolute atomic E-state index is 13.7. The number of Topliss-reactive ketones (excluding diaryl/α,β-unsaturated/α-hetero) is 2. The van der Waals surface area contributed by atoms with Crippen molar-refractivity contribution in [3.05, 3.63) is 165 Å². The zero-order chi connectivity index (χ0) is 35.6. The van der Waals surface area contributed by atoms with Crippen LogP contribution in [0.25, 0.3) is 28.0 Å². The van der Waals surface area contributed by atoms with Gasteiger partial charge in [0.1, 0.15) is 0 Å². The molecule has 0 bridgehead atoms. The van der Waals surface area contributed by atoms with Crippen LogP contribution in [-0.4, -0.2) is 11.6 Å². The predicted molar refractivity (Wildman–Crippen MR) is 210 cm³/mol. The number of ketones is 2. The fraction of sp³-hybridized carbons (Fsp3) is 0.208. The molecule has 0 atom stereocenters. The fourth-order valence-corrected chi connectivity index (χ4v) is 8.73. The van der Waals surface area contributed by atoms with E-state index in [1.807, 2.05) is 36.4 Å². The van der Waals surface area contributed by atoms with Gasteiger partial charge < -0.3 is 4.90 Å². The smallest absolute Gasteiger partial charge is 0.197 e. The molecule has 0 unspecified atom stereocenters. The van der Waals surface area contributed by atoms with E-state index in [1.165, 1.54) is 39.1 Å². The standard InChI is InChI=1S/C48H41NO2/c1-46(2,3)31-15-12-16-32(25-31)49-42-20-19-28(21-37-44(50)35-23-29-13-8-9-14-30(29)24-36(35)45(37)51)22-40(42)48(6,7)41-26-34-33-17-10-11-18-38(33)47(4,5)39(34)27-43(41)49/h8-27H,1-7H3. The molecular formula is C48H41NO2. The van der Waals surface area contributed by atoms with Gasteiger partial charge in [0.2, 0.25) is 0 Å². The Morgan fingerprint density at radius 3 is 1.84 bits per heavy atom. The van der Waals surface area contributed by atoms with Gasteiger partial charge in [-0.15, -0.1) is 0 Å². The van der Waals surface area contributed by atoms with E-state index in [9.17, 15) is 9.59 Å². The average Bonchev–Trinajstić information content (AvgIpc) is 3.47. The van der Waals surface area contributed by atoms with E-state index in [-0.39, 0.29) is 33.4 Å². The largest absolute Gasteiger partial charge is 0.310 e. The van der Waals surface area contributed by atoms with Crippen molar-refractivity contribution in [2.45, 2.75) is 64.7 Å². The number of fused-ring (bicyclic) bond motifs is 7. The summed E-state index contributed by atoms with van der Waals surface area (Å²) in [5.74, 6) is -0.416. The molecule has 3 heteroatoms. The van der Waals surface area contributed by atoms with E-state index in [0.717, 1.165) is 33.3 Å². The zero-order valence-electron chi connectivity index (χ0n) is 30.3. The molecule has 0 saturated carbocycles. The first-order valence-corrected chi connectivity index (χ1v) is 17.9. The molecule has 3 aliphatic rings. The number of allylic oxidation sites excluding steroid dienone is 1. The number of carbonyl (C=O) groups excluding carboxylic acids is 2. The third-order valence-electron chi connectivity index (χ3n) is 11.7. The van der Waals surface area contributed by atoms with Crippen LogP contribution in [0, 0.1) is 0 Å². The Hall–Kier alpha value is -5.54. The van der Waals surface area contributed by atoms with Crippen molar-refractivity contribution in [2.24, 2.45) is 0 Å². The molecule has 0 saturated heterocycles. The van der Waals surface area contributed by atoms with Gasteiger partial charge in [0.15, 0.2) is 11.6 Å². The third-order valence-corrected chi connectivity index (χ3v) is 11.7. The van der Waals surface area contributed by atoms with E-state index in [0.29, 0.717) is 11.1 Å². The van der Waals surface area contributed by atoms with Gasteiger partial charge in [-0.05, 0) is 115 Å². The second-order valence-electron chi connectivity index (χ2n) is 16.6. The Bertz CT molecular complexity index is 2500. The molecule has 0 fully saturated rings. The lowest BCUT2D eigenvalue weighted by atomic mass is 9.71. The number of anilines is 3. The Morgan fingerprint density at radius 1 is 0.529 bits per heavy atom. The molecule has 0 spiro atoms. The van der Waals surface area contributed by atoms with Crippen LogP contribution in [0.3, 0.4) is 0 Å². The summed E-state index contributed by atoms with van der Waals surface area (Å²) in [4.78, 5) is 29.9. The number of benzene rings is 6. The number of rotatable bonds is 2. The van der Waals surface area contributed by atoms with Crippen molar-refractivity contribution in [2.75, 3.05) is 4.90 Å². The first-order chi connectivity index (χ1) is 24.2. The van der Waals surface area contributed by atoms with Gasteiger partial charge in [0.05, 0.1) is 16.9 Å². The second kappa shape index (κ2) is 10.5. The lowest BCUT2D eigenvalue weighted by molar-refractivity contribution is 0.0990. The van der Waals surface area contributed by atoms with Crippen molar-refractivity contribution in [1.82, 2.24) is 0 Å². The average molecular weight is 664 g/mol. The minimum atomic E-state index is -0.377. The van der Waals surface area contributed by atoms with Crippen LogP contribution < -0.4 is 4.90 Å². The van der Waals surface area contributed by atoms with Crippen LogP contribution in [0.5, 0.6) is 0 Å². The summed E-state index contributed by atoms with van der Waals surface area (Å²) >= 11 is 0. The molecule has 6 aromatic carbocycles. The molecule has 51 heavy (non-hydrogen) atoms. The summed E-state index contributed by atoms with van der Waals surface area (Å²) in [6.07, 6.45) is 1.80. The molecule has 6 aromatic rings. The highest BCUT2D eigenvalue weighted by Crippen LogP contribution is 2.57. The van der Waals surface area contributed by atoms with E-state index in [4.69, 9.17) is 0 Å². The van der Waals surface area contributed by atoms with Gasteiger partial charge in [0, 0.05) is 27.6 Å². The molecule has 0 amide bonds. The molecule has 1 aliphatic heterocycles. The first kappa shape index (κ1) is 31.4. The van der Waals surface area contributed by atoms with Crippen LogP contribution in [0.1, 0.15) is 103 Å². The van der Waals surface area contributed by atoms with Crippen LogP contribution in [0.4, 0.5) is 17.1 Å². The lowest BCUT2D eigenvalue weighted by Gasteiger charge is -2.43. The van der Waals surface area contributed by atoms with Crippen LogP contribution in [-0.2, 0) is 16.2 Å².